The van der Waals surface area contributed by atoms with E-state index >= 15 is 0 Å². The number of nitrogens with two attached hydrogens (primary N) is 1. The molecule has 2 aromatic carbocycles. The first-order chi connectivity index (χ1) is 12.1. The highest BCUT2D eigenvalue weighted by Gasteiger charge is 2.10. The number of amides is 1. The molecule has 0 radical (unpaired) electrons. The van der Waals surface area contributed by atoms with Crippen molar-refractivity contribution in [2.45, 2.75) is 0 Å². The number of hydrogen-bond acceptors (Lipinski definition) is 5. The Morgan fingerprint density at radius 2 is 1.96 bits per heavy atom. The number of aromatic nitrogens is 2. The van der Waals surface area contributed by atoms with Crippen LogP contribution in [0.2, 0.25) is 0 Å². The second-order valence-electron chi connectivity index (χ2n) is 5.46. The van der Waals surface area contributed by atoms with Crippen molar-refractivity contribution in [2.75, 3.05) is 6.61 Å². The first-order valence-corrected chi connectivity index (χ1v) is 8.36. The number of carbonyl (C=O) groups excluding carboxylic acids is 1. The number of benzene rings is 2. The van der Waals surface area contributed by atoms with Gasteiger partial charge in [0.2, 0.25) is 0 Å². The molecular formula is C18H13N3O3S. The van der Waals surface area contributed by atoms with Crippen LogP contribution in [0, 0.1) is 0 Å². The van der Waals surface area contributed by atoms with E-state index in [1.807, 2.05) is 42.5 Å². The van der Waals surface area contributed by atoms with Crippen LogP contribution >= 0.6 is 11.3 Å². The molecule has 124 valence electrons. The van der Waals surface area contributed by atoms with Crippen LogP contribution in [0.5, 0.6) is 5.75 Å². The molecule has 25 heavy (non-hydrogen) atoms. The lowest BCUT2D eigenvalue weighted by Crippen LogP contribution is -2.22. The fourth-order valence-corrected chi connectivity index (χ4v) is 3.56. The number of rotatable bonds is 4. The molecule has 4 rings (SSSR count). The Hall–Kier alpha value is -3.19. The zero-order chi connectivity index (χ0) is 17.4. The van der Waals surface area contributed by atoms with Gasteiger partial charge < -0.3 is 10.5 Å². The molecule has 0 aliphatic carbocycles. The number of nitrogens with zero attached hydrogens (tertiary/aromatic N) is 2. The third-order valence-electron chi connectivity index (χ3n) is 3.70. The fraction of sp³-hybridized carbons (Fsp3) is 0.0556. The summed E-state index contributed by atoms with van der Waals surface area (Å²) < 4.78 is 7.46. The van der Waals surface area contributed by atoms with E-state index in [0.29, 0.717) is 15.2 Å². The molecule has 0 saturated heterocycles. The van der Waals surface area contributed by atoms with Gasteiger partial charge in [-0.05, 0) is 35.9 Å². The fourth-order valence-electron chi connectivity index (χ4n) is 2.58. The minimum atomic E-state index is -0.527. The molecule has 0 saturated carbocycles. The van der Waals surface area contributed by atoms with Crippen LogP contribution in [-0.2, 0) is 4.79 Å². The van der Waals surface area contributed by atoms with E-state index in [1.54, 1.807) is 16.5 Å². The quantitative estimate of drug-likeness (QED) is 0.601. The van der Waals surface area contributed by atoms with Crippen molar-refractivity contribution in [3.8, 4) is 5.75 Å². The lowest BCUT2D eigenvalue weighted by molar-refractivity contribution is -0.119. The minimum Gasteiger partial charge on any atom is -0.484 e. The number of carbonyl (C=O) groups is 1. The number of primary amides is 1. The SMILES string of the molecule is NC(=O)COc1ccc(/C=c2/sc3nc4ccccc4n3c2=O)cc1. The number of hydrogen-bond donors (Lipinski definition) is 1. The summed E-state index contributed by atoms with van der Waals surface area (Å²) in [5, 5.41) is 0. The Balaban J connectivity index is 1.73. The van der Waals surface area contributed by atoms with Crippen LogP contribution in [-0.4, -0.2) is 21.9 Å². The average Bonchev–Trinajstić information content (AvgIpc) is 3.11. The van der Waals surface area contributed by atoms with E-state index in [4.69, 9.17) is 10.5 Å². The van der Waals surface area contributed by atoms with Crippen molar-refractivity contribution in [3.63, 3.8) is 0 Å². The van der Waals surface area contributed by atoms with Gasteiger partial charge in [0.15, 0.2) is 11.6 Å². The zero-order valence-electron chi connectivity index (χ0n) is 13.0. The van der Waals surface area contributed by atoms with Gasteiger partial charge in [-0.15, -0.1) is 0 Å². The van der Waals surface area contributed by atoms with Crippen molar-refractivity contribution in [1.29, 1.82) is 0 Å². The van der Waals surface area contributed by atoms with Crippen LogP contribution < -0.4 is 20.6 Å². The van der Waals surface area contributed by atoms with Crippen LogP contribution in [0.4, 0.5) is 0 Å². The maximum Gasteiger partial charge on any atom is 0.274 e. The highest BCUT2D eigenvalue weighted by Crippen LogP contribution is 2.16. The summed E-state index contributed by atoms with van der Waals surface area (Å²) in [4.78, 5) is 28.6. The third kappa shape index (κ3) is 2.85. The van der Waals surface area contributed by atoms with Gasteiger partial charge in [-0.25, -0.2) is 9.38 Å². The first-order valence-electron chi connectivity index (χ1n) is 7.55. The number of para-hydroxylation sites is 2. The number of thiazole rings is 1. The topological polar surface area (TPSA) is 86.7 Å². The molecule has 0 spiro atoms. The molecule has 0 aliphatic heterocycles. The Kier molecular flexibility index (Phi) is 3.70. The molecule has 0 bridgehead atoms. The minimum absolute atomic E-state index is 0.0808. The summed E-state index contributed by atoms with van der Waals surface area (Å²) in [6.45, 7) is -0.164. The highest BCUT2D eigenvalue weighted by atomic mass is 32.1. The molecule has 0 fully saturated rings. The van der Waals surface area contributed by atoms with E-state index in [1.165, 1.54) is 11.3 Å². The summed E-state index contributed by atoms with van der Waals surface area (Å²) in [5.41, 5.74) is 7.45. The van der Waals surface area contributed by atoms with Crippen molar-refractivity contribution in [3.05, 3.63) is 69.0 Å². The van der Waals surface area contributed by atoms with Crippen molar-refractivity contribution < 1.29 is 9.53 Å². The van der Waals surface area contributed by atoms with Gasteiger partial charge in [-0.3, -0.25) is 9.59 Å². The molecule has 2 aromatic heterocycles. The maximum atomic E-state index is 12.7. The molecule has 4 aromatic rings. The summed E-state index contributed by atoms with van der Waals surface area (Å²) in [6.07, 6.45) is 1.81. The molecule has 2 N–H and O–H groups in total. The molecule has 1 amide bonds. The van der Waals surface area contributed by atoms with Crippen molar-refractivity contribution in [1.82, 2.24) is 9.38 Å². The van der Waals surface area contributed by atoms with E-state index in [9.17, 15) is 9.59 Å². The maximum absolute atomic E-state index is 12.7. The lowest BCUT2D eigenvalue weighted by Gasteiger charge is -2.03. The molecule has 2 heterocycles. The van der Waals surface area contributed by atoms with Gasteiger partial charge in [0.05, 0.1) is 15.6 Å². The smallest absolute Gasteiger partial charge is 0.274 e. The zero-order valence-corrected chi connectivity index (χ0v) is 13.8. The van der Waals surface area contributed by atoms with E-state index < -0.39 is 5.91 Å². The predicted molar refractivity (Wildman–Crippen MR) is 96.8 cm³/mol. The van der Waals surface area contributed by atoms with Crippen LogP contribution in [0.15, 0.2) is 53.3 Å². The summed E-state index contributed by atoms with van der Waals surface area (Å²) >= 11 is 1.35. The van der Waals surface area contributed by atoms with Crippen LogP contribution in [0.1, 0.15) is 5.56 Å². The van der Waals surface area contributed by atoms with Crippen LogP contribution in [0.25, 0.3) is 22.1 Å². The second kappa shape index (κ2) is 6.03. The van der Waals surface area contributed by atoms with Gasteiger partial charge in [-0.2, -0.15) is 0 Å². The predicted octanol–water partition coefficient (Wildman–Crippen LogP) is 1.32. The van der Waals surface area contributed by atoms with E-state index in [-0.39, 0.29) is 12.2 Å². The Morgan fingerprint density at radius 1 is 1.20 bits per heavy atom. The summed E-state index contributed by atoms with van der Waals surface area (Å²) in [6, 6.07) is 14.7. The normalized spacial score (nSPS) is 12.1. The monoisotopic (exact) mass is 351 g/mol. The molecule has 0 atom stereocenters. The molecule has 0 aliphatic rings. The standard InChI is InChI=1S/C18H13N3O3S/c19-16(22)10-24-12-7-5-11(6-8-12)9-15-17(23)21-14-4-2-1-3-13(14)20-18(21)25-15/h1-9H,10H2,(H2,19,22)/b15-9+. The summed E-state index contributed by atoms with van der Waals surface area (Å²) in [5.74, 6) is 0.0195. The van der Waals surface area contributed by atoms with Crippen LogP contribution in [0.3, 0.4) is 0 Å². The first kappa shape index (κ1) is 15.3. The molecular weight excluding hydrogens is 338 g/mol. The van der Waals surface area contributed by atoms with Gasteiger partial charge in [-0.1, -0.05) is 35.6 Å². The highest BCUT2D eigenvalue weighted by molar-refractivity contribution is 7.15. The average molecular weight is 351 g/mol. The van der Waals surface area contributed by atoms with Crippen molar-refractivity contribution >= 4 is 39.3 Å². The van der Waals surface area contributed by atoms with Gasteiger partial charge in [0.25, 0.3) is 11.5 Å². The van der Waals surface area contributed by atoms with Gasteiger partial charge in [0.1, 0.15) is 5.75 Å². The second-order valence-corrected chi connectivity index (χ2v) is 6.47. The molecule has 7 heteroatoms. The number of fused-ring (bicyclic) bond motifs is 3. The lowest BCUT2D eigenvalue weighted by atomic mass is 10.2. The molecule has 6 nitrogen and oxygen atoms in total. The number of imidazole rings is 1. The van der Waals surface area contributed by atoms with Gasteiger partial charge in [0, 0.05) is 0 Å². The largest absolute Gasteiger partial charge is 0.484 e. The third-order valence-corrected chi connectivity index (χ3v) is 4.67. The number of ether oxygens (including phenoxy) is 1. The Morgan fingerprint density at radius 3 is 2.72 bits per heavy atom. The Bertz CT molecular complexity index is 1190. The van der Waals surface area contributed by atoms with E-state index in [2.05, 4.69) is 4.98 Å². The van der Waals surface area contributed by atoms with Crippen molar-refractivity contribution in [2.24, 2.45) is 5.73 Å². The molecule has 0 unspecified atom stereocenters. The van der Waals surface area contributed by atoms with Gasteiger partial charge >= 0.3 is 0 Å². The van der Waals surface area contributed by atoms with E-state index in [0.717, 1.165) is 16.6 Å². The Labute approximate surface area is 145 Å². The summed E-state index contributed by atoms with van der Waals surface area (Å²) in [7, 11) is 0.